The predicted molar refractivity (Wildman–Crippen MR) is 94.5 cm³/mol. The van der Waals surface area contributed by atoms with Crippen LogP contribution >= 0.6 is 0 Å². The van der Waals surface area contributed by atoms with Crippen LogP contribution in [0.5, 0.6) is 5.75 Å². The van der Waals surface area contributed by atoms with Gasteiger partial charge < -0.3 is 26.4 Å². The summed E-state index contributed by atoms with van der Waals surface area (Å²) >= 11 is 0. The van der Waals surface area contributed by atoms with E-state index < -0.39 is 24.0 Å². The van der Waals surface area contributed by atoms with Crippen molar-refractivity contribution in [2.75, 3.05) is 0 Å². The van der Waals surface area contributed by atoms with Gasteiger partial charge in [0.05, 0.1) is 0 Å². The summed E-state index contributed by atoms with van der Waals surface area (Å²) in [5.41, 5.74) is 6.12. The first-order valence-electron chi connectivity index (χ1n) is 8.54. The van der Waals surface area contributed by atoms with Crippen LogP contribution in [0.4, 0.5) is 0 Å². The molecule has 0 amide bonds. The molecule has 0 aliphatic heterocycles. The molecule has 2 rings (SSSR count). The zero-order valence-corrected chi connectivity index (χ0v) is 14.5. The molecule has 0 saturated heterocycles. The van der Waals surface area contributed by atoms with Crippen LogP contribution in [-0.2, 0) is 16.0 Å². The van der Waals surface area contributed by atoms with Crippen LogP contribution in [0, 0.1) is 0 Å². The van der Waals surface area contributed by atoms with E-state index in [9.17, 15) is 9.59 Å². The second-order valence-corrected chi connectivity index (χ2v) is 6.38. The Balaban J connectivity index is 0.000000251. The Kier molecular flexibility index (Phi) is 8.94. The summed E-state index contributed by atoms with van der Waals surface area (Å²) < 4.78 is 0. The molecule has 7 heteroatoms. The zero-order valence-electron chi connectivity index (χ0n) is 14.5. The van der Waals surface area contributed by atoms with Crippen LogP contribution in [-0.4, -0.2) is 45.4 Å². The van der Waals surface area contributed by atoms with Gasteiger partial charge in [-0.25, -0.2) is 0 Å². The molecule has 1 aromatic carbocycles. The maximum absolute atomic E-state index is 10.5. The molecule has 0 bridgehead atoms. The molecule has 0 radical (unpaired) electrons. The average Bonchev–Trinajstić information content (AvgIpc) is 2.58. The minimum atomic E-state index is -1.02. The molecule has 7 nitrogen and oxygen atoms in total. The summed E-state index contributed by atoms with van der Waals surface area (Å²) in [6, 6.07) is 5.46. The number of carbonyl (C=O) groups is 2. The number of nitrogens with one attached hydrogen (secondary N) is 1. The Morgan fingerprint density at radius 1 is 1.12 bits per heavy atom. The molecule has 140 valence electrons. The van der Waals surface area contributed by atoms with E-state index in [-0.39, 0.29) is 12.2 Å². The Hall–Kier alpha value is -2.12. The van der Waals surface area contributed by atoms with E-state index in [4.69, 9.17) is 21.1 Å². The van der Waals surface area contributed by atoms with Crippen LogP contribution in [0.3, 0.4) is 0 Å². The number of rotatable bonds is 6. The van der Waals surface area contributed by atoms with Crippen molar-refractivity contribution in [2.45, 2.75) is 63.6 Å². The number of aromatic hydroxyl groups is 1. The number of hydrogen-bond donors (Lipinski definition) is 5. The van der Waals surface area contributed by atoms with Crippen molar-refractivity contribution in [1.29, 1.82) is 0 Å². The highest BCUT2D eigenvalue weighted by Crippen LogP contribution is 2.17. The van der Waals surface area contributed by atoms with Gasteiger partial charge in [0.25, 0.3) is 0 Å². The second kappa shape index (κ2) is 10.7. The molecule has 1 aliphatic rings. The molecule has 0 unspecified atom stereocenters. The van der Waals surface area contributed by atoms with E-state index in [1.54, 1.807) is 19.1 Å². The molecule has 0 spiro atoms. The highest BCUT2D eigenvalue weighted by Gasteiger charge is 2.18. The van der Waals surface area contributed by atoms with Gasteiger partial charge in [0, 0.05) is 6.04 Å². The fourth-order valence-electron chi connectivity index (χ4n) is 2.67. The molecule has 1 fully saturated rings. The molecular formula is C18H28N2O5. The highest BCUT2D eigenvalue weighted by molar-refractivity contribution is 5.73. The van der Waals surface area contributed by atoms with Gasteiger partial charge >= 0.3 is 11.9 Å². The maximum Gasteiger partial charge on any atom is 0.320 e. The van der Waals surface area contributed by atoms with Gasteiger partial charge in [0.2, 0.25) is 0 Å². The Morgan fingerprint density at radius 3 is 2.16 bits per heavy atom. The van der Waals surface area contributed by atoms with Gasteiger partial charge in [-0.15, -0.1) is 0 Å². The summed E-state index contributed by atoms with van der Waals surface area (Å²) in [4.78, 5) is 20.9. The molecule has 25 heavy (non-hydrogen) atoms. The predicted octanol–water partition coefficient (Wildman–Crippen LogP) is 1.73. The van der Waals surface area contributed by atoms with Crippen molar-refractivity contribution in [3.8, 4) is 5.75 Å². The van der Waals surface area contributed by atoms with Crippen molar-refractivity contribution < 1.29 is 24.9 Å². The van der Waals surface area contributed by atoms with E-state index in [2.05, 4.69) is 5.32 Å². The highest BCUT2D eigenvalue weighted by atomic mass is 16.4. The van der Waals surface area contributed by atoms with E-state index >= 15 is 0 Å². The summed E-state index contributed by atoms with van der Waals surface area (Å²) in [6.45, 7) is 1.71. The lowest BCUT2D eigenvalue weighted by atomic mass is 9.95. The normalized spacial score (nSPS) is 17.0. The maximum atomic E-state index is 10.5. The van der Waals surface area contributed by atoms with Crippen LogP contribution in [0.25, 0.3) is 0 Å². The second-order valence-electron chi connectivity index (χ2n) is 6.38. The largest absolute Gasteiger partial charge is 0.508 e. The minimum Gasteiger partial charge on any atom is -0.508 e. The molecular weight excluding hydrogens is 324 g/mol. The number of nitrogens with two attached hydrogens (primary N) is 1. The molecule has 1 aromatic rings. The van der Waals surface area contributed by atoms with E-state index in [1.807, 2.05) is 0 Å². The van der Waals surface area contributed by atoms with Crippen LogP contribution in [0.1, 0.15) is 44.6 Å². The number of phenols is 1. The van der Waals surface area contributed by atoms with Crippen molar-refractivity contribution >= 4 is 11.9 Å². The molecule has 1 saturated carbocycles. The van der Waals surface area contributed by atoms with Gasteiger partial charge in [-0.1, -0.05) is 31.4 Å². The summed E-state index contributed by atoms with van der Waals surface area (Å²) in [6.07, 6.45) is 6.33. The summed E-state index contributed by atoms with van der Waals surface area (Å²) in [5, 5.41) is 29.2. The van der Waals surface area contributed by atoms with Gasteiger partial charge in [0.1, 0.15) is 17.8 Å². The Labute approximate surface area is 147 Å². The third-order valence-corrected chi connectivity index (χ3v) is 4.17. The Bertz CT molecular complexity index is 541. The molecule has 2 atom stereocenters. The molecule has 1 aliphatic carbocycles. The topological polar surface area (TPSA) is 133 Å². The Morgan fingerprint density at radius 2 is 1.68 bits per heavy atom. The first-order chi connectivity index (χ1) is 11.8. The summed E-state index contributed by atoms with van der Waals surface area (Å²) in [7, 11) is 0. The number of carboxylic acids is 2. The van der Waals surface area contributed by atoms with Crippen molar-refractivity contribution in [3.05, 3.63) is 29.8 Å². The van der Waals surface area contributed by atoms with Crippen molar-refractivity contribution in [2.24, 2.45) is 5.73 Å². The monoisotopic (exact) mass is 352 g/mol. The molecule has 0 aromatic heterocycles. The first kappa shape index (κ1) is 20.9. The molecule has 6 N–H and O–H groups in total. The molecule has 0 heterocycles. The summed E-state index contributed by atoms with van der Waals surface area (Å²) in [5.74, 6) is -1.61. The number of phenolic OH excluding ortho intramolecular Hbond substituents is 1. The number of aliphatic carboxylic acids is 2. The van der Waals surface area contributed by atoms with Crippen LogP contribution < -0.4 is 11.1 Å². The fourth-order valence-corrected chi connectivity index (χ4v) is 2.67. The van der Waals surface area contributed by atoms with Gasteiger partial charge in [-0.3, -0.25) is 9.59 Å². The van der Waals surface area contributed by atoms with Gasteiger partial charge in [-0.05, 0) is 43.9 Å². The third-order valence-electron chi connectivity index (χ3n) is 4.17. The third kappa shape index (κ3) is 8.51. The van der Waals surface area contributed by atoms with Gasteiger partial charge in [0.15, 0.2) is 0 Å². The van der Waals surface area contributed by atoms with Gasteiger partial charge in [-0.2, -0.15) is 0 Å². The first-order valence-corrected chi connectivity index (χ1v) is 8.54. The number of benzene rings is 1. The number of carboxylic acid groups (broad SMARTS) is 2. The quantitative estimate of drug-likeness (QED) is 0.526. The average molecular weight is 352 g/mol. The van der Waals surface area contributed by atoms with Crippen LogP contribution in [0.2, 0.25) is 0 Å². The van der Waals surface area contributed by atoms with Crippen molar-refractivity contribution in [3.63, 3.8) is 0 Å². The lowest BCUT2D eigenvalue weighted by Crippen LogP contribution is -2.42. The fraction of sp³-hybridized carbons (Fsp3) is 0.556. The van der Waals surface area contributed by atoms with E-state index in [0.717, 1.165) is 18.4 Å². The lowest BCUT2D eigenvalue weighted by molar-refractivity contribution is -0.139. The minimum absolute atomic E-state index is 0.160. The van der Waals surface area contributed by atoms with Crippen molar-refractivity contribution in [1.82, 2.24) is 5.32 Å². The van der Waals surface area contributed by atoms with E-state index in [0.29, 0.717) is 6.04 Å². The number of hydrogen-bond acceptors (Lipinski definition) is 5. The zero-order chi connectivity index (χ0) is 18.8. The SMILES string of the molecule is C[C@H](NC1CCCCC1)C(=O)O.N[C@@H](Cc1ccc(O)cc1)C(=O)O. The smallest absolute Gasteiger partial charge is 0.320 e. The lowest BCUT2D eigenvalue weighted by Gasteiger charge is -2.24. The van der Waals surface area contributed by atoms with E-state index in [1.165, 1.54) is 31.4 Å². The van der Waals surface area contributed by atoms with Crippen LogP contribution in [0.15, 0.2) is 24.3 Å². The standard InChI is InChI=1S/C9H11NO3.C9H17NO2/c10-8(9(12)13)5-6-1-3-7(11)4-2-6;1-7(9(11)12)10-8-5-3-2-4-6-8/h1-4,8,11H,5,10H2,(H,12,13);7-8,10H,2-6H2,1H3,(H,11,12)/t8-;7-/m00/s1.